The number of allylic oxidation sites excluding steroid dienone is 1. The van der Waals surface area contributed by atoms with Crippen LogP contribution in [0.5, 0.6) is 5.75 Å². The van der Waals surface area contributed by atoms with Crippen molar-refractivity contribution < 1.29 is 9.53 Å². The molecule has 0 aliphatic carbocycles. The van der Waals surface area contributed by atoms with Gasteiger partial charge in [0.1, 0.15) is 5.75 Å². The minimum atomic E-state index is -0.0898. The van der Waals surface area contributed by atoms with Gasteiger partial charge in [0.15, 0.2) is 5.78 Å². The Morgan fingerprint density at radius 2 is 1.90 bits per heavy atom. The van der Waals surface area contributed by atoms with Crippen molar-refractivity contribution in [3.05, 3.63) is 71.4 Å². The molecule has 0 aliphatic rings. The van der Waals surface area contributed by atoms with Crippen molar-refractivity contribution in [2.45, 2.75) is 6.92 Å². The summed E-state index contributed by atoms with van der Waals surface area (Å²) in [6, 6.07) is 14.4. The van der Waals surface area contributed by atoms with E-state index in [0.29, 0.717) is 17.2 Å². The lowest BCUT2D eigenvalue weighted by atomic mass is 10.1. The number of anilines is 1. The molecule has 0 spiro atoms. The fourth-order valence-corrected chi connectivity index (χ4v) is 1.91. The van der Waals surface area contributed by atoms with E-state index in [1.165, 1.54) is 6.08 Å². The van der Waals surface area contributed by atoms with Gasteiger partial charge in [0.2, 0.25) is 0 Å². The molecule has 1 N–H and O–H groups in total. The predicted molar refractivity (Wildman–Crippen MR) is 86.2 cm³/mol. The Morgan fingerprint density at radius 3 is 2.62 bits per heavy atom. The number of nitrogens with one attached hydrogen (secondary N) is 1. The molecule has 0 bridgehead atoms. The van der Waals surface area contributed by atoms with E-state index in [4.69, 9.17) is 16.3 Å². The van der Waals surface area contributed by atoms with Crippen LogP contribution >= 0.6 is 11.6 Å². The van der Waals surface area contributed by atoms with E-state index in [1.54, 1.807) is 30.5 Å². The summed E-state index contributed by atoms with van der Waals surface area (Å²) in [6.45, 7) is 2.52. The highest BCUT2D eigenvalue weighted by Crippen LogP contribution is 2.23. The summed E-state index contributed by atoms with van der Waals surface area (Å²) in [6.07, 6.45) is 3.08. The highest BCUT2D eigenvalue weighted by molar-refractivity contribution is 6.30. The Bertz CT molecular complexity index is 635. The Kier molecular flexibility index (Phi) is 5.41. The molecule has 0 saturated carbocycles. The number of carbonyl (C=O) groups is 1. The molecular weight excluding hydrogens is 286 g/mol. The Morgan fingerprint density at radius 1 is 1.19 bits per heavy atom. The van der Waals surface area contributed by atoms with E-state index in [2.05, 4.69) is 5.32 Å². The summed E-state index contributed by atoms with van der Waals surface area (Å²) in [4.78, 5) is 12.0. The van der Waals surface area contributed by atoms with Gasteiger partial charge in [-0.05, 0) is 43.3 Å². The molecule has 0 amide bonds. The van der Waals surface area contributed by atoms with Crippen LogP contribution in [-0.2, 0) is 0 Å². The van der Waals surface area contributed by atoms with Crippen LogP contribution in [0.15, 0.2) is 60.8 Å². The predicted octanol–water partition coefficient (Wildman–Crippen LogP) is 4.55. The number of para-hydroxylation sites is 2. The minimum absolute atomic E-state index is 0.0898. The first kappa shape index (κ1) is 15.1. The molecule has 0 radical (unpaired) electrons. The third-order valence-corrected chi connectivity index (χ3v) is 3.04. The van der Waals surface area contributed by atoms with E-state index in [9.17, 15) is 4.79 Å². The van der Waals surface area contributed by atoms with Crippen LogP contribution < -0.4 is 10.1 Å². The highest BCUT2D eigenvalue weighted by Gasteiger charge is 2.02. The average Bonchev–Trinajstić information content (AvgIpc) is 2.50. The van der Waals surface area contributed by atoms with Crippen LogP contribution in [-0.4, -0.2) is 12.4 Å². The maximum Gasteiger partial charge on any atom is 0.187 e. The van der Waals surface area contributed by atoms with Crippen molar-refractivity contribution >= 4 is 23.1 Å². The third kappa shape index (κ3) is 4.36. The summed E-state index contributed by atoms with van der Waals surface area (Å²) in [5, 5.41) is 3.67. The minimum Gasteiger partial charge on any atom is -0.492 e. The van der Waals surface area contributed by atoms with Gasteiger partial charge in [0, 0.05) is 22.9 Å². The van der Waals surface area contributed by atoms with Crippen molar-refractivity contribution in [2.24, 2.45) is 0 Å². The van der Waals surface area contributed by atoms with Gasteiger partial charge in [-0.15, -0.1) is 0 Å². The SMILES string of the molecule is CCOc1ccccc1N/C=C/C(=O)c1ccc(Cl)cc1. The molecule has 0 saturated heterocycles. The lowest BCUT2D eigenvalue weighted by molar-refractivity contribution is 0.104. The molecule has 0 unspecified atom stereocenters. The Labute approximate surface area is 129 Å². The molecule has 0 fully saturated rings. The van der Waals surface area contributed by atoms with Gasteiger partial charge < -0.3 is 10.1 Å². The van der Waals surface area contributed by atoms with Gasteiger partial charge in [0.25, 0.3) is 0 Å². The maximum absolute atomic E-state index is 12.0. The quantitative estimate of drug-likeness (QED) is 0.628. The number of rotatable bonds is 6. The molecule has 108 valence electrons. The van der Waals surface area contributed by atoms with Crippen molar-refractivity contribution in [2.75, 3.05) is 11.9 Å². The second-order valence-electron chi connectivity index (χ2n) is 4.28. The molecule has 0 heterocycles. The zero-order valence-electron chi connectivity index (χ0n) is 11.7. The number of halogens is 1. The first-order valence-electron chi connectivity index (χ1n) is 6.65. The standard InChI is InChI=1S/C17H16ClNO2/c1-2-21-17-6-4-3-5-15(17)19-12-11-16(20)13-7-9-14(18)10-8-13/h3-12,19H,2H2,1H3/b12-11+. The van der Waals surface area contributed by atoms with E-state index < -0.39 is 0 Å². The monoisotopic (exact) mass is 301 g/mol. The van der Waals surface area contributed by atoms with Crippen LogP contribution in [0.2, 0.25) is 5.02 Å². The van der Waals surface area contributed by atoms with Crippen LogP contribution in [0.3, 0.4) is 0 Å². The van der Waals surface area contributed by atoms with Crippen molar-refractivity contribution in [3.63, 3.8) is 0 Å². The van der Waals surface area contributed by atoms with Crippen molar-refractivity contribution in [3.8, 4) is 5.75 Å². The third-order valence-electron chi connectivity index (χ3n) is 2.79. The van der Waals surface area contributed by atoms with Gasteiger partial charge in [-0.1, -0.05) is 23.7 Å². The molecule has 0 atom stereocenters. The van der Waals surface area contributed by atoms with Gasteiger partial charge in [-0.3, -0.25) is 4.79 Å². The average molecular weight is 302 g/mol. The molecule has 2 aromatic rings. The van der Waals surface area contributed by atoms with Crippen molar-refractivity contribution in [1.29, 1.82) is 0 Å². The van der Waals surface area contributed by atoms with Gasteiger partial charge >= 0.3 is 0 Å². The summed E-state index contributed by atoms with van der Waals surface area (Å²) in [5.41, 5.74) is 1.41. The summed E-state index contributed by atoms with van der Waals surface area (Å²) >= 11 is 5.79. The number of hydrogen-bond donors (Lipinski definition) is 1. The van der Waals surface area contributed by atoms with Gasteiger partial charge in [0.05, 0.1) is 12.3 Å². The van der Waals surface area contributed by atoms with E-state index in [-0.39, 0.29) is 5.78 Å². The van der Waals surface area contributed by atoms with E-state index >= 15 is 0 Å². The second kappa shape index (κ2) is 7.50. The molecule has 2 aromatic carbocycles. The molecule has 0 aliphatic heterocycles. The summed E-state index contributed by atoms with van der Waals surface area (Å²) in [7, 11) is 0. The molecule has 21 heavy (non-hydrogen) atoms. The highest BCUT2D eigenvalue weighted by atomic mass is 35.5. The molecule has 0 aromatic heterocycles. The fraction of sp³-hybridized carbons (Fsp3) is 0.118. The maximum atomic E-state index is 12.0. The number of hydrogen-bond acceptors (Lipinski definition) is 3. The molecule has 2 rings (SSSR count). The number of ketones is 1. The molecular formula is C17H16ClNO2. The summed E-state index contributed by atoms with van der Waals surface area (Å²) < 4.78 is 5.50. The Hall–Kier alpha value is -2.26. The lowest BCUT2D eigenvalue weighted by Gasteiger charge is -2.09. The first-order valence-corrected chi connectivity index (χ1v) is 7.03. The fourth-order valence-electron chi connectivity index (χ4n) is 1.78. The van der Waals surface area contributed by atoms with Gasteiger partial charge in [-0.2, -0.15) is 0 Å². The first-order chi connectivity index (χ1) is 10.2. The lowest BCUT2D eigenvalue weighted by Crippen LogP contribution is -1.98. The topological polar surface area (TPSA) is 38.3 Å². The van der Waals surface area contributed by atoms with Crippen molar-refractivity contribution in [1.82, 2.24) is 0 Å². The number of ether oxygens (including phenoxy) is 1. The largest absolute Gasteiger partial charge is 0.492 e. The zero-order valence-corrected chi connectivity index (χ0v) is 12.4. The van der Waals surface area contributed by atoms with Crippen LogP contribution in [0.25, 0.3) is 0 Å². The van der Waals surface area contributed by atoms with E-state index in [1.807, 2.05) is 31.2 Å². The smallest absolute Gasteiger partial charge is 0.187 e. The Balaban J connectivity index is 2.02. The number of benzene rings is 2. The summed E-state index contributed by atoms with van der Waals surface area (Å²) in [5.74, 6) is 0.664. The second-order valence-corrected chi connectivity index (χ2v) is 4.71. The molecule has 3 nitrogen and oxygen atoms in total. The normalized spacial score (nSPS) is 10.6. The van der Waals surface area contributed by atoms with Crippen LogP contribution in [0.4, 0.5) is 5.69 Å². The van der Waals surface area contributed by atoms with Crippen LogP contribution in [0.1, 0.15) is 17.3 Å². The molecule has 4 heteroatoms. The van der Waals surface area contributed by atoms with Gasteiger partial charge in [-0.25, -0.2) is 0 Å². The number of carbonyl (C=O) groups excluding carboxylic acids is 1. The van der Waals surface area contributed by atoms with Crippen LogP contribution in [0, 0.1) is 0 Å². The van der Waals surface area contributed by atoms with E-state index in [0.717, 1.165) is 11.4 Å². The zero-order chi connectivity index (χ0) is 15.1.